The molecule has 0 aliphatic heterocycles. The molecule has 2 aromatic rings. The average molecular weight is 389 g/mol. The molecule has 2 aromatic carbocycles. The predicted octanol–water partition coefficient (Wildman–Crippen LogP) is 4.09. The topological polar surface area (TPSA) is 75.3 Å². The molecule has 2 rings (SSSR count). The quantitative estimate of drug-likeness (QED) is 0.635. The first-order valence-electron chi connectivity index (χ1n) is 9.22. The van der Waals surface area contributed by atoms with E-state index in [4.69, 9.17) is 0 Å². The van der Waals surface area contributed by atoms with Crippen LogP contribution in [-0.4, -0.2) is 20.9 Å². The third kappa shape index (κ3) is 6.48. The van der Waals surface area contributed by atoms with Crippen molar-refractivity contribution in [3.05, 3.63) is 59.2 Å². The molecule has 1 amide bonds. The molecule has 0 unspecified atom stereocenters. The molecule has 27 heavy (non-hydrogen) atoms. The van der Waals surface area contributed by atoms with Gasteiger partial charge in [0.1, 0.15) is 0 Å². The Morgan fingerprint density at radius 1 is 0.889 bits per heavy atom. The van der Waals surface area contributed by atoms with Crippen molar-refractivity contribution in [2.75, 3.05) is 11.9 Å². The van der Waals surface area contributed by atoms with Crippen LogP contribution >= 0.6 is 0 Å². The van der Waals surface area contributed by atoms with Crippen LogP contribution < -0.4 is 10.0 Å². The molecule has 0 saturated carbocycles. The Kier molecular flexibility index (Phi) is 7.56. The van der Waals surface area contributed by atoms with Crippen molar-refractivity contribution in [1.82, 2.24) is 4.72 Å². The lowest BCUT2D eigenvalue weighted by molar-refractivity contribution is -0.116. The summed E-state index contributed by atoms with van der Waals surface area (Å²) < 4.78 is 27.0. The lowest BCUT2D eigenvalue weighted by Crippen LogP contribution is -2.24. The first-order chi connectivity index (χ1) is 12.8. The second kappa shape index (κ2) is 9.67. The van der Waals surface area contributed by atoms with Crippen LogP contribution in [0.25, 0.3) is 0 Å². The molecule has 6 heteroatoms. The van der Waals surface area contributed by atoms with Gasteiger partial charge >= 0.3 is 0 Å². The van der Waals surface area contributed by atoms with E-state index < -0.39 is 10.0 Å². The van der Waals surface area contributed by atoms with Gasteiger partial charge in [-0.25, -0.2) is 13.1 Å². The molecule has 0 atom stereocenters. The number of aryl methyl sites for hydroxylation is 3. The van der Waals surface area contributed by atoms with Crippen molar-refractivity contribution >= 4 is 21.6 Å². The second-order valence-electron chi connectivity index (χ2n) is 6.84. The monoisotopic (exact) mass is 388 g/mol. The molecule has 0 bridgehead atoms. The normalized spacial score (nSPS) is 11.4. The molecule has 146 valence electrons. The Morgan fingerprint density at radius 2 is 1.52 bits per heavy atom. The largest absolute Gasteiger partial charge is 0.326 e. The van der Waals surface area contributed by atoms with Gasteiger partial charge in [-0.2, -0.15) is 0 Å². The van der Waals surface area contributed by atoms with E-state index in [0.29, 0.717) is 19.4 Å². The zero-order chi connectivity index (χ0) is 19.9. The number of para-hydroxylation sites is 1. The van der Waals surface area contributed by atoms with Gasteiger partial charge in [0.25, 0.3) is 0 Å². The SMILES string of the molecule is Cc1ccc(S(=O)(=O)NCCCCCC(=O)Nc2c(C)cccc2C)cc1. The first-order valence-corrected chi connectivity index (χ1v) is 10.7. The van der Waals surface area contributed by atoms with E-state index in [1.807, 2.05) is 39.0 Å². The fraction of sp³-hybridized carbons (Fsp3) is 0.381. The summed E-state index contributed by atoms with van der Waals surface area (Å²) in [6.07, 6.45) is 2.64. The maximum atomic E-state index is 12.2. The summed E-state index contributed by atoms with van der Waals surface area (Å²) >= 11 is 0. The molecule has 5 nitrogen and oxygen atoms in total. The Bertz CT molecular complexity index is 855. The second-order valence-corrected chi connectivity index (χ2v) is 8.60. The third-order valence-electron chi connectivity index (χ3n) is 4.45. The van der Waals surface area contributed by atoms with Crippen molar-refractivity contribution in [2.24, 2.45) is 0 Å². The number of amides is 1. The smallest absolute Gasteiger partial charge is 0.240 e. The summed E-state index contributed by atoms with van der Waals surface area (Å²) in [7, 11) is -3.46. The number of carbonyl (C=O) groups is 1. The molecule has 0 radical (unpaired) electrons. The molecule has 0 fully saturated rings. The molecule has 0 aromatic heterocycles. The number of rotatable bonds is 9. The summed E-state index contributed by atoms with van der Waals surface area (Å²) in [4.78, 5) is 12.4. The number of unbranched alkanes of at least 4 members (excludes halogenated alkanes) is 2. The van der Waals surface area contributed by atoms with Crippen LogP contribution in [-0.2, 0) is 14.8 Å². The minimum atomic E-state index is -3.46. The molecule has 0 aliphatic carbocycles. The summed E-state index contributed by atoms with van der Waals surface area (Å²) in [5.41, 5.74) is 4.00. The Labute approximate surface area is 162 Å². The maximum Gasteiger partial charge on any atom is 0.240 e. The highest BCUT2D eigenvalue weighted by Crippen LogP contribution is 2.19. The number of anilines is 1. The third-order valence-corrected chi connectivity index (χ3v) is 5.93. The number of benzene rings is 2. The van der Waals surface area contributed by atoms with E-state index in [9.17, 15) is 13.2 Å². The summed E-state index contributed by atoms with van der Waals surface area (Å²) in [5, 5.41) is 2.97. The molecule has 0 saturated heterocycles. The van der Waals surface area contributed by atoms with Gasteiger partial charge in [0.2, 0.25) is 15.9 Å². The van der Waals surface area contributed by atoms with E-state index in [-0.39, 0.29) is 10.8 Å². The van der Waals surface area contributed by atoms with E-state index in [1.54, 1.807) is 24.3 Å². The Balaban J connectivity index is 1.68. The van der Waals surface area contributed by atoms with E-state index in [2.05, 4.69) is 10.0 Å². The van der Waals surface area contributed by atoms with Crippen molar-refractivity contribution in [1.29, 1.82) is 0 Å². The summed E-state index contributed by atoms with van der Waals surface area (Å²) in [6, 6.07) is 12.7. The van der Waals surface area contributed by atoms with Gasteiger partial charge in [-0.3, -0.25) is 4.79 Å². The highest BCUT2D eigenvalue weighted by atomic mass is 32.2. The lowest BCUT2D eigenvalue weighted by atomic mass is 10.1. The van der Waals surface area contributed by atoms with E-state index in [0.717, 1.165) is 35.2 Å². The molecular formula is C21H28N2O3S. The number of hydrogen-bond donors (Lipinski definition) is 2. The van der Waals surface area contributed by atoms with E-state index >= 15 is 0 Å². The number of nitrogens with one attached hydrogen (secondary N) is 2. The molecular weight excluding hydrogens is 360 g/mol. The van der Waals surface area contributed by atoms with Gasteiger partial charge in [0.05, 0.1) is 4.90 Å². The van der Waals surface area contributed by atoms with Crippen LogP contribution in [0, 0.1) is 20.8 Å². The number of sulfonamides is 1. The van der Waals surface area contributed by atoms with Crippen molar-refractivity contribution in [3.8, 4) is 0 Å². The molecule has 0 spiro atoms. The van der Waals surface area contributed by atoms with Gasteiger partial charge in [-0.05, 0) is 56.9 Å². The Morgan fingerprint density at radius 3 is 2.15 bits per heavy atom. The minimum Gasteiger partial charge on any atom is -0.326 e. The lowest BCUT2D eigenvalue weighted by Gasteiger charge is -2.11. The first kappa shape index (κ1) is 21.1. The fourth-order valence-electron chi connectivity index (χ4n) is 2.81. The van der Waals surface area contributed by atoms with Gasteiger partial charge in [0.15, 0.2) is 0 Å². The van der Waals surface area contributed by atoms with Crippen molar-refractivity contribution < 1.29 is 13.2 Å². The van der Waals surface area contributed by atoms with Gasteiger partial charge in [-0.15, -0.1) is 0 Å². The zero-order valence-electron chi connectivity index (χ0n) is 16.2. The fourth-order valence-corrected chi connectivity index (χ4v) is 3.88. The van der Waals surface area contributed by atoms with Gasteiger partial charge in [0, 0.05) is 18.7 Å². The highest BCUT2D eigenvalue weighted by Gasteiger charge is 2.12. The van der Waals surface area contributed by atoms with Gasteiger partial charge in [-0.1, -0.05) is 42.3 Å². The van der Waals surface area contributed by atoms with Crippen molar-refractivity contribution in [2.45, 2.75) is 51.3 Å². The predicted molar refractivity (Wildman–Crippen MR) is 109 cm³/mol. The number of hydrogen-bond acceptors (Lipinski definition) is 3. The van der Waals surface area contributed by atoms with Crippen LogP contribution in [0.2, 0.25) is 0 Å². The maximum absolute atomic E-state index is 12.2. The van der Waals surface area contributed by atoms with Crippen LogP contribution in [0.15, 0.2) is 47.4 Å². The van der Waals surface area contributed by atoms with Crippen LogP contribution in [0.4, 0.5) is 5.69 Å². The van der Waals surface area contributed by atoms with Crippen LogP contribution in [0.1, 0.15) is 42.4 Å². The number of carbonyl (C=O) groups excluding carboxylic acids is 1. The summed E-state index contributed by atoms with van der Waals surface area (Å²) in [5.74, 6) is -0.00682. The van der Waals surface area contributed by atoms with Gasteiger partial charge < -0.3 is 5.32 Å². The van der Waals surface area contributed by atoms with Crippen LogP contribution in [0.5, 0.6) is 0 Å². The van der Waals surface area contributed by atoms with Crippen LogP contribution in [0.3, 0.4) is 0 Å². The molecule has 0 aliphatic rings. The molecule has 2 N–H and O–H groups in total. The Hall–Kier alpha value is -2.18. The summed E-state index contributed by atoms with van der Waals surface area (Å²) in [6.45, 7) is 6.24. The standard InChI is InChI=1S/C21H28N2O3S/c1-16-11-13-19(14-12-16)27(25,26)22-15-6-4-5-10-20(24)23-21-17(2)8-7-9-18(21)3/h7-9,11-14,22H,4-6,10,15H2,1-3H3,(H,23,24). The molecule has 0 heterocycles. The van der Waals surface area contributed by atoms with E-state index in [1.165, 1.54) is 0 Å². The average Bonchev–Trinajstić information content (AvgIpc) is 2.61. The zero-order valence-corrected chi connectivity index (χ0v) is 17.0. The van der Waals surface area contributed by atoms with Crippen molar-refractivity contribution in [3.63, 3.8) is 0 Å². The highest BCUT2D eigenvalue weighted by molar-refractivity contribution is 7.89. The minimum absolute atomic E-state index is 0.00682.